The molecule has 2 aromatic carbocycles. The summed E-state index contributed by atoms with van der Waals surface area (Å²) in [5.74, 6) is -0.906. The molecule has 2 amide bonds. The predicted molar refractivity (Wildman–Crippen MR) is 105 cm³/mol. The quantitative estimate of drug-likeness (QED) is 0.328. The maximum Gasteiger partial charge on any atom is 0.269 e. The second-order valence-electron chi connectivity index (χ2n) is 5.67. The molecule has 0 aliphatic rings. The number of anilines is 1. The van der Waals surface area contributed by atoms with Gasteiger partial charge >= 0.3 is 0 Å². The minimum Gasteiger partial charge on any atom is -0.326 e. The van der Waals surface area contributed by atoms with Crippen molar-refractivity contribution in [2.24, 2.45) is 5.10 Å². The molecule has 0 saturated heterocycles. The van der Waals surface area contributed by atoms with Crippen molar-refractivity contribution in [3.05, 3.63) is 64.2 Å². The van der Waals surface area contributed by atoms with Crippen molar-refractivity contribution in [1.29, 1.82) is 0 Å². The summed E-state index contributed by atoms with van der Waals surface area (Å²) < 4.78 is 26.3. The van der Waals surface area contributed by atoms with E-state index in [2.05, 4.69) is 20.6 Å². The van der Waals surface area contributed by atoms with Crippen LogP contribution in [0.3, 0.4) is 0 Å². The minimum atomic E-state index is -4.01. The molecule has 0 unspecified atom stereocenters. The van der Waals surface area contributed by atoms with Crippen LogP contribution < -0.4 is 15.5 Å². The number of carbonyl (C=O) groups is 2. The molecule has 0 aromatic heterocycles. The molecule has 2 aromatic rings. The molecule has 29 heavy (non-hydrogen) atoms. The van der Waals surface area contributed by atoms with E-state index in [0.717, 1.165) is 24.3 Å². The Morgan fingerprint density at radius 3 is 2.28 bits per heavy atom. The fraction of sp³-hybridized carbons (Fsp3) is 0.118. The average molecular weight is 419 g/mol. The molecule has 0 aliphatic carbocycles. The SMILES string of the molecule is CC(=O)Nc1ccc(/C=N\NC(=O)CNS(=O)(=O)c2ccc([N+](=O)[O-])cc2)cc1. The van der Waals surface area contributed by atoms with Gasteiger partial charge in [0.25, 0.3) is 11.6 Å². The van der Waals surface area contributed by atoms with Gasteiger partial charge in [0.2, 0.25) is 15.9 Å². The Hall–Kier alpha value is -3.64. The molecule has 12 heteroatoms. The zero-order valence-electron chi connectivity index (χ0n) is 15.2. The number of rotatable bonds is 8. The van der Waals surface area contributed by atoms with E-state index in [4.69, 9.17) is 0 Å². The summed E-state index contributed by atoms with van der Waals surface area (Å²) in [4.78, 5) is 32.4. The lowest BCUT2D eigenvalue weighted by atomic mass is 10.2. The molecule has 0 atom stereocenters. The van der Waals surface area contributed by atoms with Crippen LogP contribution in [0.5, 0.6) is 0 Å². The molecule has 0 aliphatic heterocycles. The maximum absolute atomic E-state index is 12.1. The van der Waals surface area contributed by atoms with Crippen molar-refractivity contribution < 1.29 is 22.9 Å². The Morgan fingerprint density at radius 2 is 1.72 bits per heavy atom. The number of nitrogens with one attached hydrogen (secondary N) is 3. The van der Waals surface area contributed by atoms with E-state index < -0.39 is 27.4 Å². The molecule has 0 fully saturated rings. The first kappa shape index (κ1) is 21.7. The Balaban J connectivity index is 1.86. The van der Waals surface area contributed by atoms with Gasteiger partial charge in [0.15, 0.2) is 0 Å². The number of hydrazone groups is 1. The van der Waals surface area contributed by atoms with Crippen LogP contribution in [0.4, 0.5) is 11.4 Å². The van der Waals surface area contributed by atoms with Crippen LogP contribution in [0.2, 0.25) is 0 Å². The lowest BCUT2D eigenvalue weighted by Crippen LogP contribution is -2.34. The summed E-state index contributed by atoms with van der Waals surface area (Å²) >= 11 is 0. The molecular formula is C17H17N5O6S. The topological polar surface area (TPSA) is 160 Å². The zero-order valence-corrected chi connectivity index (χ0v) is 16.0. The monoisotopic (exact) mass is 419 g/mol. The summed E-state index contributed by atoms with van der Waals surface area (Å²) in [6, 6.07) is 10.9. The van der Waals surface area contributed by atoms with Gasteiger partial charge in [0.1, 0.15) is 0 Å². The van der Waals surface area contributed by atoms with Gasteiger partial charge in [-0.2, -0.15) is 5.10 Å². The van der Waals surface area contributed by atoms with Gasteiger partial charge < -0.3 is 5.32 Å². The highest BCUT2D eigenvalue weighted by atomic mass is 32.2. The number of hydrogen-bond acceptors (Lipinski definition) is 7. The average Bonchev–Trinajstić information content (AvgIpc) is 2.67. The summed E-state index contributed by atoms with van der Waals surface area (Å²) in [5.41, 5.74) is 3.18. The minimum absolute atomic E-state index is 0.199. The molecule has 0 spiro atoms. The van der Waals surface area contributed by atoms with Crippen LogP contribution in [0.1, 0.15) is 12.5 Å². The zero-order chi connectivity index (χ0) is 21.4. The van der Waals surface area contributed by atoms with Gasteiger partial charge in [-0.05, 0) is 29.8 Å². The third kappa shape index (κ3) is 6.79. The van der Waals surface area contributed by atoms with Crippen LogP contribution >= 0.6 is 0 Å². The smallest absolute Gasteiger partial charge is 0.269 e. The molecule has 152 valence electrons. The molecule has 2 rings (SSSR count). The lowest BCUT2D eigenvalue weighted by molar-refractivity contribution is -0.384. The van der Waals surface area contributed by atoms with E-state index in [1.807, 2.05) is 0 Å². The molecule has 0 saturated carbocycles. The van der Waals surface area contributed by atoms with Gasteiger partial charge in [-0.1, -0.05) is 12.1 Å². The fourth-order valence-corrected chi connectivity index (χ4v) is 3.05. The largest absolute Gasteiger partial charge is 0.326 e. The molecule has 0 heterocycles. The first-order valence-corrected chi connectivity index (χ1v) is 9.59. The second kappa shape index (κ2) is 9.52. The van der Waals surface area contributed by atoms with Crippen LogP contribution in [-0.2, 0) is 19.6 Å². The van der Waals surface area contributed by atoms with Crippen molar-refractivity contribution in [3.63, 3.8) is 0 Å². The van der Waals surface area contributed by atoms with Crippen LogP contribution in [0.15, 0.2) is 58.5 Å². The first-order valence-electron chi connectivity index (χ1n) is 8.11. The van der Waals surface area contributed by atoms with Crippen molar-refractivity contribution in [1.82, 2.24) is 10.1 Å². The molecule has 11 nitrogen and oxygen atoms in total. The van der Waals surface area contributed by atoms with Gasteiger partial charge in [-0.25, -0.2) is 18.6 Å². The van der Waals surface area contributed by atoms with Crippen molar-refractivity contribution in [3.8, 4) is 0 Å². The number of nitro groups is 1. The summed E-state index contributed by atoms with van der Waals surface area (Å²) in [5, 5.41) is 16.9. The summed E-state index contributed by atoms with van der Waals surface area (Å²) in [6.07, 6.45) is 1.35. The third-order valence-corrected chi connectivity index (χ3v) is 4.83. The first-order chi connectivity index (χ1) is 13.7. The summed E-state index contributed by atoms with van der Waals surface area (Å²) in [6.45, 7) is 0.818. The molecule has 0 radical (unpaired) electrons. The van der Waals surface area contributed by atoms with Gasteiger partial charge in [0.05, 0.1) is 22.6 Å². The number of nitrogens with zero attached hydrogens (tertiary/aromatic N) is 2. The molecular weight excluding hydrogens is 402 g/mol. The molecule has 0 bridgehead atoms. The third-order valence-electron chi connectivity index (χ3n) is 3.41. The number of nitro benzene ring substituents is 1. The Kier molecular flexibility index (Phi) is 7.11. The standard InChI is InChI=1S/C17H17N5O6S/c1-12(23)20-14-4-2-13(3-5-14)10-18-21-17(24)11-19-29(27,28)16-8-6-15(7-9-16)22(25)26/h2-10,19H,11H2,1H3,(H,20,23)(H,21,24)/b18-10-. The normalized spacial score (nSPS) is 11.2. The van der Waals surface area contributed by atoms with Crippen LogP contribution in [-0.4, -0.2) is 37.9 Å². The van der Waals surface area contributed by atoms with Crippen molar-refractivity contribution in [2.45, 2.75) is 11.8 Å². The predicted octanol–water partition coefficient (Wildman–Crippen LogP) is 0.982. The van der Waals surface area contributed by atoms with E-state index >= 15 is 0 Å². The number of hydrogen-bond donors (Lipinski definition) is 3. The van der Waals surface area contributed by atoms with Crippen molar-refractivity contribution >= 4 is 39.4 Å². The number of amides is 2. The van der Waals surface area contributed by atoms with E-state index in [1.165, 1.54) is 13.1 Å². The van der Waals surface area contributed by atoms with Gasteiger partial charge in [-0.3, -0.25) is 19.7 Å². The molecule has 3 N–H and O–H groups in total. The summed E-state index contributed by atoms with van der Waals surface area (Å²) in [7, 11) is -4.01. The van der Waals surface area contributed by atoms with E-state index in [9.17, 15) is 28.1 Å². The van der Waals surface area contributed by atoms with Gasteiger partial charge in [0, 0.05) is 24.7 Å². The highest BCUT2D eigenvalue weighted by Crippen LogP contribution is 2.15. The number of carbonyl (C=O) groups excluding carboxylic acids is 2. The Bertz CT molecular complexity index is 1030. The van der Waals surface area contributed by atoms with Crippen molar-refractivity contribution in [2.75, 3.05) is 11.9 Å². The number of sulfonamides is 1. The van der Waals surface area contributed by atoms with Gasteiger partial charge in [-0.15, -0.1) is 0 Å². The maximum atomic E-state index is 12.1. The number of benzene rings is 2. The lowest BCUT2D eigenvalue weighted by Gasteiger charge is -2.05. The van der Waals surface area contributed by atoms with Crippen LogP contribution in [0.25, 0.3) is 0 Å². The Morgan fingerprint density at radius 1 is 1.10 bits per heavy atom. The second-order valence-corrected chi connectivity index (χ2v) is 7.44. The van der Waals surface area contributed by atoms with Crippen LogP contribution in [0, 0.1) is 10.1 Å². The Labute approximate surface area is 166 Å². The fourth-order valence-electron chi connectivity index (χ4n) is 2.07. The highest BCUT2D eigenvalue weighted by molar-refractivity contribution is 7.89. The number of non-ortho nitro benzene ring substituents is 1. The highest BCUT2D eigenvalue weighted by Gasteiger charge is 2.16. The van der Waals surface area contributed by atoms with E-state index in [1.54, 1.807) is 24.3 Å². The van der Waals surface area contributed by atoms with E-state index in [0.29, 0.717) is 11.3 Å². The van der Waals surface area contributed by atoms with E-state index in [-0.39, 0.29) is 16.5 Å².